The molecular weight excluding hydrogens is 257 g/mol. The number of hydrogen-bond donors (Lipinski definition) is 1. The van der Waals surface area contributed by atoms with Crippen molar-refractivity contribution in [1.82, 2.24) is 15.5 Å². The van der Waals surface area contributed by atoms with Gasteiger partial charge in [-0.1, -0.05) is 24.2 Å². The summed E-state index contributed by atoms with van der Waals surface area (Å²) in [7, 11) is 0. The average molecular weight is 275 g/mol. The van der Waals surface area contributed by atoms with Crippen molar-refractivity contribution in [2.45, 2.75) is 32.2 Å². The van der Waals surface area contributed by atoms with E-state index in [0.29, 0.717) is 24.1 Å². The molecule has 0 amide bonds. The van der Waals surface area contributed by atoms with Crippen LogP contribution in [0, 0.1) is 11.7 Å². The van der Waals surface area contributed by atoms with Gasteiger partial charge in [-0.25, -0.2) is 4.39 Å². The SMILES string of the molecule is CC1CCCNC1c1nc(Cc2cccc(F)c2)no1. The third-order valence-electron chi connectivity index (χ3n) is 3.77. The lowest BCUT2D eigenvalue weighted by Gasteiger charge is -2.26. The maximum Gasteiger partial charge on any atom is 0.244 e. The van der Waals surface area contributed by atoms with Gasteiger partial charge in [-0.15, -0.1) is 0 Å². The van der Waals surface area contributed by atoms with Gasteiger partial charge in [0.25, 0.3) is 0 Å². The van der Waals surface area contributed by atoms with Crippen molar-refractivity contribution < 1.29 is 8.91 Å². The van der Waals surface area contributed by atoms with Crippen molar-refractivity contribution in [3.8, 4) is 0 Å². The first-order chi connectivity index (χ1) is 9.72. The first-order valence-electron chi connectivity index (χ1n) is 7.02. The van der Waals surface area contributed by atoms with Gasteiger partial charge in [0.1, 0.15) is 5.82 Å². The summed E-state index contributed by atoms with van der Waals surface area (Å²) < 4.78 is 18.5. The van der Waals surface area contributed by atoms with Gasteiger partial charge in [-0.2, -0.15) is 4.98 Å². The Morgan fingerprint density at radius 2 is 2.35 bits per heavy atom. The van der Waals surface area contributed by atoms with Crippen LogP contribution in [0.4, 0.5) is 4.39 Å². The Balaban J connectivity index is 1.73. The number of hydrogen-bond acceptors (Lipinski definition) is 4. The zero-order valence-electron chi connectivity index (χ0n) is 11.5. The number of nitrogens with zero attached hydrogens (tertiary/aromatic N) is 2. The van der Waals surface area contributed by atoms with Crippen LogP contribution >= 0.6 is 0 Å². The van der Waals surface area contributed by atoms with Crippen LogP contribution in [-0.4, -0.2) is 16.7 Å². The molecule has 2 atom stereocenters. The molecule has 3 rings (SSSR count). The molecule has 0 bridgehead atoms. The summed E-state index contributed by atoms with van der Waals surface area (Å²) in [5.41, 5.74) is 0.849. The Bertz CT molecular complexity index is 584. The summed E-state index contributed by atoms with van der Waals surface area (Å²) in [5, 5.41) is 7.42. The maximum absolute atomic E-state index is 13.1. The fourth-order valence-corrected chi connectivity index (χ4v) is 2.68. The van der Waals surface area contributed by atoms with E-state index in [-0.39, 0.29) is 11.9 Å². The summed E-state index contributed by atoms with van der Waals surface area (Å²) in [6.07, 6.45) is 2.84. The van der Waals surface area contributed by atoms with E-state index in [1.165, 1.54) is 25.0 Å². The number of nitrogens with one attached hydrogen (secondary N) is 1. The standard InChI is InChI=1S/C15H18FN3O/c1-10-4-3-7-17-14(10)15-18-13(19-20-15)9-11-5-2-6-12(16)8-11/h2,5-6,8,10,14,17H,3-4,7,9H2,1H3. The molecule has 2 unspecified atom stereocenters. The van der Waals surface area contributed by atoms with E-state index in [4.69, 9.17) is 4.52 Å². The predicted octanol–water partition coefficient (Wildman–Crippen LogP) is 2.86. The smallest absolute Gasteiger partial charge is 0.244 e. The van der Waals surface area contributed by atoms with Gasteiger partial charge in [0.15, 0.2) is 5.82 Å². The lowest BCUT2D eigenvalue weighted by atomic mass is 9.93. The van der Waals surface area contributed by atoms with Crippen molar-refractivity contribution in [3.63, 3.8) is 0 Å². The number of rotatable bonds is 3. The highest BCUT2D eigenvalue weighted by molar-refractivity contribution is 5.19. The second-order valence-corrected chi connectivity index (χ2v) is 5.41. The summed E-state index contributed by atoms with van der Waals surface area (Å²) in [6.45, 7) is 3.17. The molecule has 2 heterocycles. The third-order valence-corrected chi connectivity index (χ3v) is 3.77. The second kappa shape index (κ2) is 5.71. The molecule has 0 radical (unpaired) electrons. The van der Waals surface area contributed by atoms with Gasteiger partial charge >= 0.3 is 0 Å². The Labute approximate surface area is 117 Å². The Kier molecular flexibility index (Phi) is 3.78. The molecule has 1 aromatic heterocycles. The van der Waals surface area contributed by atoms with Gasteiger partial charge in [-0.05, 0) is 43.0 Å². The molecule has 1 fully saturated rings. The quantitative estimate of drug-likeness (QED) is 0.935. The maximum atomic E-state index is 13.1. The normalized spacial score (nSPS) is 22.9. The lowest BCUT2D eigenvalue weighted by molar-refractivity contribution is 0.239. The Morgan fingerprint density at radius 3 is 3.15 bits per heavy atom. The second-order valence-electron chi connectivity index (χ2n) is 5.41. The van der Waals surface area contributed by atoms with Crippen LogP contribution in [0.25, 0.3) is 0 Å². The first kappa shape index (κ1) is 13.2. The summed E-state index contributed by atoms with van der Waals surface area (Å²) in [4.78, 5) is 4.45. The molecule has 4 nitrogen and oxygen atoms in total. The summed E-state index contributed by atoms with van der Waals surface area (Å²) in [5.74, 6) is 1.49. The van der Waals surface area contributed by atoms with E-state index < -0.39 is 0 Å². The van der Waals surface area contributed by atoms with Crippen LogP contribution in [0.2, 0.25) is 0 Å². The molecule has 5 heteroatoms. The van der Waals surface area contributed by atoms with E-state index >= 15 is 0 Å². The molecule has 1 N–H and O–H groups in total. The Hall–Kier alpha value is -1.75. The molecule has 0 aliphatic carbocycles. The molecule has 106 valence electrons. The predicted molar refractivity (Wildman–Crippen MR) is 72.6 cm³/mol. The largest absolute Gasteiger partial charge is 0.338 e. The molecule has 0 spiro atoms. The Morgan fingerprint density at radius 1 is 1.45 bits per heavy atom. The van der Waals surface area contributed by atoms with Gasteiger partial charge in [0, 0.05) is 6.42 Å². The van der Waals surface area contributed by atoms with Crippen LogP contribution < -0.4 is 5.32 Å². The van der Waals surface area contributed by atoms with E-state index in [9.17, 15) is 4.39 Å². The molecule has 1 aliphatic rings. The molecule has 20 heavy (non-hydrogen) atoms. The first-order valence-corrected chi connectivity index (χ1v) is 7.02. The van der Waals surface area contributed by atoms with Gasteiger partial charge in [0.2, 0.25) is 5.89 Å². The average Bonchev–Trinajstić information content (AvgIpc) is 2.87. The van der Waals surface area contributed by atoms with Gasteiger partial charge in [-0.3, -0.25) is 0 Å². The van der Waals surface area contributed by atoms with Crippen LogP contribution in [0.3, 0.4) is 0 Å². The third kappa shape index (κ3) is 2.88. The van der Waals surface area contributed by atoms with Crippen LogP contribution in [-0.2, 0) is 6.42 Å². The van der Waals surface area contributed by atoms with E-state index in [2.05, 4.69) is 22.4 Å². The topological polar surface area (TPSA) is 51.0 Å². The summed E-state index contributed by atoms with van der Waals surface area (Å²) >= 11 is 0. The molecule has 2 aromatic rings. The van der Waals surface area contributed by atoms with Crippen LogP contribution in [0.5, 0.6) is 0 Å². The van der Waals surface area contributed by atoms with E-state index in [1.54, 1.807) is 6.07 Å². The number of aromatic nitrogens is 2. The fraction of sp³-hybridized carbons (Fsp3) is 0.467. The number of halogens is 1. The van der Waals surface area contributed by atoms with E-state index in [0.717, 1.165) is 12.1 Å². The molecule has 1 saturated heterocycles. The monoisotopic (exact) mass is 275 g/mol. The van der Waals surface area contributed by atoms with E-state index in [1.807, 2.05) is 6.07 Å². The van der Waals surface area contributed by atoms with Crippen molar-refractivity contribution >= 4 is 0 Å². The minimum atomic E-state index is -0.242. The minimum Gasteiger partial charge on any atom is -0.338 e. The molecule has 1 aromatic carbocycles. The number of piperidine rings is 1. The zero-order valence-corrected chi connectivity index (χ0v) is 11.5. The molecular formula is C15H18FN3O. The minimum absolute atomic E-state index is 0.137. The van der Waals surface area contributed by atoms with Gasteiger partial charge in [0.05, 0.1) is 6.04 Å². The number of benzene rings is 1. The van der Waals surface area contributed by atoms with Crippen molar-refractivity contribution in [2.75, 3.05) is 6.54 Å². The van der Waals surface area contributed by atoms with Crippen LogP contribution in [0.1, 0.15) is 43.1 Å². The van der Waals surface area contributed by atoms with Gasteiger partial charge < -0.3 is 9.84 Å². The highest BCUT2D eigenvalue weighted by Crippen LogP contribution is 2.27. The zero-order chi connectivity index (χ0) is 13.9. The molecule has 0 saturated carbocycles. The fourth-order valence-electron chi connectivity index (χ4n) is 2.68. The van der Waals surface area contributed by atoms with Crippen LogP contribution in [0.15, 0.2) is 28.8 Å². The molecule has 1 aliphatic heterocycles. The van der Waals surface area contributed by atoms with Crippen molar-refractivity contribution in [3.05, 3.63) is 47.4 Å². The highest BCUT2D eigenvalue weighted by atomic mass is 19.1. The summed E-state index contributed by atoms with van der Waals surface area (Å²) in [6, 6.07) is 6.62. The lowest BCUT2D eigenvalue weighted by Crippen LogP contribution is -2.33. The van der Waals surface area contributed by atoms with Crippen molar-refractivity contribution in [1.29, 1.82) is 0 Å². The highest BCUT2D eigenvalue weighted by Gasteiger charge is 2.27. The van der Waals surface area contributed by atoms with Crippen molar-refractivity contribution in [2.24, 2.45) is 5.92 Å².